The summed E-state index contributed by atoms with van der Waals surface area (Å²) in [5.41, 5.74) is 7.24. The maximum Gasteiger partial charge on any atom is 0.102 e. The first-order chi connectivity index (χ1) is 7.71. The Labute approximate surface area is 97.5 Å². The Hall–Kier alpha value is -0.860. The van der Waals surface area contributed by atoms with Crippen LogP contribution in [0.15, 0.2) is 24.3 Å². The zero-order valence-electron chi connectivity index (χ0n) is 9.95. The topological polar surface area (TPSA) is 46.2 Å². The van der Waals surface area contributed by atoms with Crippen LogP contribution in [-0.2, 0) is 5.60 Å². The number of nitrogens with two attached hydrogens (primary N) is 1. The summed E-state index contributed by atoms with van der Waals surface area (Å²) < 4.78 is 0. The van der Waals surface area contributed by atoms with Gasteiger partial charge in [-0.3, -0.25) is 0 Å². The van der Waals surface area contributed by atoms with E-state index in [-0.39, 0.29) is 0 Å². The fourth-order valence-electron chi connectivity index (χ4n) is 2.44. The average Bonchev–Trinajstić information content (AvgIpc) is 2.27. The normalized spacial score (nSPS) is 20.2. The van der Waals surface area contributed by atoms with Gasteiger partial charge in [-0.15, -0.1) is 0 Å². The predicted molar refractivity (Wildman–Crippen MR) is 66.3 cm³/mol. The molecule has 0 aliphatic heterocycles. The summed E-state index contributed by atoms with van der Waals surface area (Å²) in [6, 6.07) is 8.23. The minimum Gasteiger partial charge on any atom is -0.384 e. The van der Waals surface area contributed by atoms with E-state index in [1.807, 2.05) is 19.1 Å². The molecule has 0 amide bonds. The van der Waals surface area contributed by atoms with Crippen molar-refractivity contribution in [1.82, 2.24) is 0 Å². The third-order valence-electron chi connectivity index (χ3n) is 3.93. The van der Waals surface area contributed by atoms with Gasteiger partial charge in [0.2, 0.25) is 0 Å². The summed E-state index contributed by atoms with van der Waals surface area (Å²) in [5.74, 6) is 0.640. The van der Waals surface area contributed by atoms with Crippen LogP contribution in [0.3, 0.4) is 0 Å². The molecule has 1 fully saturated rings. The lowest BCUT2D eigenvalue weighted by Gasteiger charge is -2.34. The molecule has 16 heavy (non-hydrogen) atoms. The second-order valence-corrected chi connectivity index (χ2v) is 4.80. The first-order valence-electron chi connectivity index (χ1n) is 6.23. The number of benzene rings is 1. The van der Waals surface area contributed by atoms with Crippen LogP contribution in [0.2, 0.25) is 0 Å². The van der Waals surface area contributed by atoms with E-state index in [1.165, 1.54) is 24.8 Å². The lowest BCUT2D eigenvalue weighted by molar-refractivity contribution is 0.0401. The molecular formula is C14H21NO. The van der Waals surface area contributed by atoms with Crippen LogP contribution in [0.25, 0.3) is 0 Å². The summed E-state index contributed by atoms with van der Waals surface area (Å²) in [5, 5.41) is 10.5. The molecule has 3 N–H and O–H groups in total. The molecule has 0 aromatic heterocycles. The van der Waals surface area contributed by atoms with Crippen molar-refractivity contribution in [2.45, 2.75) is 44.1 Å². The molecular weight excluding hydrogens is 198 g/mol. The Bertz CT molecular complexity index is 354. The van der Waals surface area contributed by atoms with Gasteiger partial charge in [0, 0.05) is 6.54 Å². The molecule has 1 saturated carbocycles. The SMILES string of the molecule is CCC(O)(CN)c1ccccc1C1CCC1. The van der Waals surface area contributed by atoms with Crippen molar-refractivity contribution >= 4 is 0 Å². The zero-order chi connectivity index (χ0) is 11.6. The van der Waals surface area contributed by atoms with Crippen LogP contribution in [0.5, 0.6) is 0 Å². The summed E-state index contributed by atoms with van der Waals surface area (Å²) in [6.45, 7) is 2.29. The van der Waals surface area contributed by atoms with Gasteiger partial charge in [0.1, 0.15) is 5.60 Å². The molecule has 0 heterocycles. The summed E-state index contributed by atoms with van der Waals surface area (Å²) >= 11 is 0. The smallest absolute Gasteiger partial charge is 0.102 e. The number of rotatable bonds is 4. The second kappa shape index (κ2) is 4.56. The van der Waals surface area contributed by atoms with Crippen molar-refractivity contribution in [1.29, 1.82) is 0 Å². The first kappa shape index (κ1) is 11.6. The molecule has 2 rings (SSSR count). The van der Waals surface area contributed by atoms with E-state index in [0.717, 1.165) is 5.56 Å². The number of aliphatic hydroxyl groups is 1. The van der Waals surface area contributed by atoms with E-state index in [9.17, 15) is 5.11 Å². The maximum atomic E-state index is 10.5. The molecule has 0 spiro atoms. The van der Waals surface area contributed by atoms with Gasteiger partial charge in [0.15, 0.2) is 0 Å². The standard InChI is InChI=1S/C14H21NO/c1-2-14(16,10-15)13-9-4-3-8-12(13)11-6-5-7-11/h3-4,8-9,11,16H,2,5-7,10,15H2,1H3. The van der Waals surface area contributed by atoms with Gasteiger partial charge >= 0.3 is 0 Å². The van der Waals surface area contributed by atoms with Crippen molar-refractivity contribution in [2.24, 2.45) is 5.73 Å². The minimum absolute atomic E-state index is 0.299. The van der Waals surface area contributed by atoms with Crippen LogP contribution in [-0.4, -0.2) is 11.7 Å². The summed E-state index contributed by atoms with van der Waals surface area (Å²) in [7, 11) is 0. The summed E-state index contributed by atoms with van der Waals surface area (Å²) in [4.78, 5) is 0. The Morgan fingerprint density at radius 3 is 2.56 bits per heavy atom. The van der Waals surface area contributed by atoms with Crippen molar-refractivity contribution in [3.05, 3.63) is 35.4 Å². The lowest BCUT2D eigenvalue weighted by atomic mass is 9.74. The van der Waals surface area contributed by atoms with Gasteiger partial charge in [-0.25, -0.2) is 0 Å². The molecule has 2 nitrogen and oxygen atoms in total. The van der Waals surface area contributed by atoms with E-state index >= 15 is 0 Å². The van der Waals surface area contributed by atoms with E-state index in [0.29, 0.717) is 18.9 Å². The fraction of sp³-hybridized carbons (Fsp3) is 0.571. The molecule has 1 aliphatic carbocycles. The highest BCUT2D eigenvalue weighted by Crippen LogP contribution is 2.41. The molecule has 88 valence electrons. The number of hydrogen-bond donors (Lipinski definition) is 2. The Balaban J connectivity index is 2.38. The van der Waals surface area contributed by atoms with Crippen molar-refractivity contribution in [3.63, 3.8) is 0 Å². The second-order valence-electron chi connectivity index (χ2n) is 4.80. The molecule has 1 aromatic carbocycles. The molecule has 0 bridgehead atoms. The van der Waals surface area contributed by atoms with E-state index in [4.69, 9.17) is 5.73 Å². The summed E-state index contributed by atoms with van der Waals surface area (Å²) in [6.07, 6.45) is 4.49. The molecule has 0 radical (unpaired) electrons. The van der Waals surface area contributed by atoms with Gasteiger partial charge in [-0.1, -0.05) is 37.6 Å². The van der Waals surface area contributed by atoms with Crippen LogP contribution in [0.1, 0.15) is 49.7 Å². The van der Waals surface area contributed by atoms with Crippen molar-refractivity contribution in [2.75, 3.05) is 6.54 Å². The first-order valence-corrected chi connectivity index (χ1v) is 6.23. The van der Waals surface area contributed by atoms with Gasteiger partial charge in [-0.05, 0) is 36.3 Å². The van der Waals surface area contributed by atoms with Gasteiger partial charge in [0.25, 0.3) is 0 Å². The highest BCUT2D eigenvalue weighted by Gasteiger charge is 2.31. The largest absolute Gasteiger partial charge is 0.384 e. The highest BCUT2D eigenvalue weighted by atomic mass is 16.3. The van der Waals surface area contributed by atoms with Crippen LogP contribution < -0.4 is 5.73 Å². The molecule has 0 saturated heterocycles. The van der Waals surface area contributed by atoms with Crippen molar-refractivity contribution < 1.29 is 5.11 Å². The lowest BCUT2D eigenvalue weighted by Crippen LogP contribution is -2.35. The van der Waals surface area contributed by atoms with Crippen LogP contribution >= 0.6 is 0 Å². The third kappa shape index (κ3) is 1.87. The number of hydrogen-bond acceptors (Lipinski definition) is 2. The Morgan fingerprint density at radius 2 is 2.06 bits per heavy atom. The Morgan fingerprint density at radius 1 is 1.38 bits per heavy atom. The molecule has 2 heteroatoms. The van der Waals surface area contributed by atoms with Gasteiger partial charge < -0.3 is 10.8 Å². The van der Waals surface area contributed by atoms with Gasteiger partial charge in [-0.2, -0.15) is 0 Å². The maximum absolute atomic E-state index is 10.5. The van der Waals surface area contributed by atoms with E-state index in [1.54, 1.807) is 0 Å². The highest BCUT2D eigenvalue weighted by molar-refractivity contribution is 5.36. The average molecular weight is 219 g/mol. The quantitative estimate of drug-likeness (QED) is 0.817. The van der Waals surface area contributed by atoms with Crippen LogP contribution in [0.4, 0.5) is 0 Å². The zero-order valence-corrected chi connectivity index (χ0v) is 9.95. The van der Waals surface area contributed by atoms with E-state index in [2.05, 4.69) is 12.1 Å². The van der Waals surface area contributed by atoms with Crippen molar-refractivity contribution in [3.8, 4) is 0 Å². The fourth-order valence-corrected chi connectivity index (χ4v) is 2.44. The van der Waals surface area contributed by atoms with Crippen LogP contribution in [0, 0.1) is 0 Å². The molecule has 1 aliphatic rings. The van der Waals surface area contributed by atoms with Gasteiger partial charge in [0.05, 0.1) is 0 Å². The minimum atomic E-state index is -0.841. The monoisotopic (exact) mass is 219 g/mol. The predicted octanol–water partition coefficient (Wildman–Crippen LogP) is 2.51. The molecule has 1 atom stereocenters. The molecule has 1 unspecified atom stereocenters. The van der Waals surface area contributed by atoms with E-state index < -0.39 is 5.60 Å². The third-order valence-corrected chi connectivity index (χ3v) is 3.93. The Kier molecular flexibility index (Phi) is 3.31. The molecule has 1 aromatic rings.